The minimum Gasteiger partial charge on any atom is -0.0622 e. The van der Waals surface area contributed by atoms with E-state index in [2.05, 4.69) is 243 Å². The van der Waals surface area contributed by atoms with E-state index >= 15 is 0 Å². The van der Waals surface area contributed by atoms with Crippen LogP contribution in [0.4, 0.5) is 0 Å². The molecule has 1 radical (unpaired) electrons. The van der Waals surface area contributed by atoms with Gasteiger partial charge in [0.05, 0.1) is 5.92 Å². The lowest BCUT2D eigenvalue weighted by Crippen LogP contribution is -2.58. The maximum atomic E-state index is 2.36. The summed E-state index contributed by atoms with van der Waals surface area (Å²) < 4.78 is 0. The Hall–Kier alpha value is -6.24. The highest BCUT2D eigenvalue weighted by Gasteiger charge is 2.64. The van der Waals surface area contributed by atoms with Gasteiger partial charge in [-0.2, -0.15) is 0 Å². The van der Waals surface area contributed by atoms with E-state index < -0.39 is 10.8 Å². The predicted molar refractivity (Wildman–Crippen MR) is 216 cm³/mol. The highest BCUT2D eigenvalue weighted by Crippen LogP contribution is 2.66. The molecule has 0 fully saturated rings. The lowest BCUT2D eigenvalue weighted by molar-refractivity contribution is 0.296. The van der Waals surface area contributed by atoms with Gasteiger partial charge in [-0.1, -0.05) is 243 Å². The number of benzene rings is 8. The van der Waals surface area contributed by atoms with Crippen LogP contribution < -0.4 is 0 Å². The average Bonchev–Trinajstić information content (AvgIpc) is 3.24. The first-order valence-electron chi connectivity index (χ1n) is 18.2. The highest BCUT2D eigenvalue weighted by atomic mass is 14.6. The Morgan fingerprint density at radius 1 is 0.269 bits per heavy atom. The van der Waals surface area contributed by atoms with Crippen molar-refractivity contribution in [3.63, 3.8) is 0 Å². The third-order valence-corrected chi connectivity index (χ3v) is 10.7. The lowest BCUT2D eigenvalue weighted by atomic mass is 9.41. The molecule has 0 atom stereocenters. The summed E-state index contributed by atoms with van der Waals surface area (Å²) in [5, 5.41) is 0. The molecule has 8 rings (SSSR count). The zero-order chi connectivity index (χ0) is 35.1. The molecule has 0 amide bonds. The zero-order valence-corrected chi connectivity index (χ0v) is 29.2. The molecule has 249 valence electrons. The van der Waals surface area contributed by atoms with Gasteiger partial charge in [-0.05, 0) is 44.5 Å². The molecule has 0 heteroatoms. The van der Waals surface area contributed by atoms with Gasteiger partial charge < -0.3 is 0 Å². The van der Waals surface area contributed by atoms with Gasteiger partial charge in [-0.25, -0.2) is 0 Å². The molecule has 0 bridgehead atoms. The molecule has 0 aliphatic rings. The van der Waals surface area contributed by atoms with Crippen LogP contribution >= 0.6 is 0 Å². The van der Waals surface area contributed by atoms with E-state index in [1.54, 1.807) is 0 Å². The maximum absolute atomic E-state index is 2.36. The smallest absolute Gasteiger partial charge is 0.0501 e. The second kappa shape index (κ2) is 14.9. The van der Waals surface area contributed by atoms with Crippen molar-refractivity contribution < 1.29 is 0 Å². The predicted octanol–water partition coefficient (Wildman–Crippen LogP) is 12.5. The van der Waals surface area contributed by atoms with Gasteiger partial charge in [0.25, 0.3) is 0 Å². The van der Waals surface area contributed by atoms with Crippen molar-refractivity contribution in [2.24, 2.45) is 0 Å². The van der Waals surface area contributed by atoms with Gasteiger partial charge in [0.2, 0.25) is 0 Å². The summed E-state index contributed by atoms with van der Waals surface area (Å²) >= 11 is 0. The molecule has 0 aromatic heterocycles. The second-order valence-corrected chi connectivity index (χ2v) is 13.4. The van der Waals surface area contributed by atoms with Crippen molar-refractivity contribution in [2.45, 2.75) is 16.7 Å². The molecule has 0 saturated heterocycles. The molecule has 0 spiro atoms. The van der Waals surface area contributed by atoms with Crippen LogP contribution in [-0.2, 0) is 10.8 Å². The molecule has 0 heterocycles. The minimum atomic E-state index is -0.822. The molecule has 8 aromatic carbocycles. The van der Waals surface area contributed by atoms with Gasteiger partial charge in [0.15, 0.2) is 0 Å². The fraction of sp³-hybridized carbons (Fsp3) is 0.0577. The Morgan fingerprint density at radius 2 is 0.519 bits per heavy atom. The van der Waals surface area contributed by atoms with Crippen LogP contribution in [0.15, 0.2) is 243 Å². The Labute approximate surface area is 308 Å². The molecule has 52 heavy (non-hydrogen) atoms. The standard InChI is InChI=1S/C52H41/c1-9-25-41(26-10-1)49(42-27-11-2-12-28-42)51(45-33-17-5-18-34-45,46-35-19-6-20-36-46)52(47-37-21-7-22-38-47,48-39-23-8-24-40-48)50(43-29-13-3-14-30-43)44-31-15-4-16-32-44/h1-40,49H. The third kappa shape index (κ3) is 5.67. The molecule has 8 aromatic rings. The van der Waals surface area contributed by atoms with Crippen LogP contribution in [0.1, 0.15) is 50.4 Å². The number of hydrogen-bond acceptors (Lipinski definition) is 0. The molecular weight excluding hydrogens is 625 g/mol. The third-order valence-electron chi connectivity index (χ3n) is 10.7. The van der Waals surface area contributed by atoms with Crippen LogP contribution in [0.3, 0.4) is 0 Å². The van der Waals surface area contributed by atoms with Crippen LogP contribution in [0.2, 0.25) is 0 Å². The summed E-state index contributed by atoms with van der Waals surface area (Å²) in [7, 11) is 0. The Bertz CT molecular complexity index is 1920. The minimum absolute atomic E-state index is 0.150. The molecular formula is C52H41. The van der Waals surface area contributed by atoms with Gasteiger partial charge in [-0.3, -0.25) is 0 Å². The summed E-state index contributed by atoms with van der Waals surface area (Å²) in [6.07, 6.45) is 0. The van der Waals surface area contributed by atoms with E-state index in [4.69, 9.17) is 0 Å². The largest absolute Gasteiger partial charge is 0.0622 e. The van der Waals surface area contributed by atoms with E-state index in [0.717, 1.165) is 0 Å². The summed E-state index contributed by atoms with van der Waals surface area (Å²) in [5.41, 5.74) is 8.15. The molecule has 0 N–H and O–H groups in total. The normalized spacial score (nSPS) is 11.8. The topological polar surface area (TPSA) is 0 Å². The first-order valence-corrected chi connectivity index (χ1v) is 18.2. The quantitative estimate of drug-likeness (QED) is 0.129. The Kier molecular flexibility index (Phi) is 9.46. The lowest BCUT2D eigenvalue weighted by Gasteiger charge is -2.59. The van der Waals surface area contributed by atoms with Crippen molar-refractivity contribution in [2.75, 3.05) is 0 Å². The molecule has 0 saturated carbocycles. The van der Waals surface area contributed by atoms with Gasteiger partial charge >= 0.3 is 0 Å². The Morgan fingerprint density at radius 3 is 0.827 bits per heavy atom. The van der Waals surface area contributed by atoms with Crippen molar-refractivity contribution in [1.82, 2.24) is 0 Å². The summed E-state index contributed by atoms with van der Waals surface area (Å²) in [4.78, 5) is 0. The van der Waals surface area contributed by atoms with Crippen molar-refractivity contribution >= 4 is 0 Å². The first kappa shape index (κ1) is 32.9. The second-order valence-electron chi connectivity index (χ2n) is 13.4. The van der Waals surface area contributed by atoms with E-state index in [0.29, 0.717) is 0 Å². The monoisotopic (exact) mass is 665 g/mol. The van der Waals surface area contributed by atoms with Crippen molar-refractivity contribution in [1.29, 1.82) is 0 Å². The van der Waals surface area contributed by atoms with Crippen LogP contribution in [0.5, 0.6) is 0 Å². The van der Waals surface area contributed by atoms with Gasteiger partial charge in [-0.15, -0.1) is 0 Å². The number of rotatable bonds is 11. The fourth-order valence-corrected chi connectivity index (χ4v) is 8.83. The van der Waals surface area contributed by atoms with Crippen molar-refractivity contribution in [3.05, 3.63) is 293 Å². The zero-order valence-electron chi connectivity index (χ0n) is 29.2. The molecule has 0 aliphatic heterocycles. The molecule has 0 nitrogen and oxygen atoms in total. The SMILES string of the molecule is c1ccc([C](c2ccccc2)C(c2ccccc2)(c2ccccc2)C(c2ccccc2)(c2ccccc2)C(c2ccccc2)c2ccccc2)cc1. The summed E-state index contributed by atoms with van der Waals surface area (Å²) in [6.45, 7) is 0. The van der Waals surface area contributed by atoms with E-state index in [1.165, 1.54) is 50.4 Å². The molecule has 0 unspecified atom stereocenters. The van der Waals surface area contributed by atoms with E-state index in [9.17, 15) is 0 Å². The van der Waals surface area contributed by atoms with Crippen LogP contribution in [0.25, 0.3) is 0 Å². The average molecular weight is 666 g/mol. The summed E-state index contributed by atoms with van der Waals surface area (Å²) in [5.74, 6) is 1.10. The van der Waals surface area contributed by atoms with Crippen LogP contribution in [-0.4, -0.2) is 0 Å². The Balaban J connectivity index is 1.71. The van der Waals surface area contributed by atoms with Crippen molar-refractivity contribution in [3.8, 4) is 0 Å². The fourth-order valence-electron chi connectivity index (χ4n) is 8.83. The van der Waals surface area contributed by atoms with E-state index in [-0.39, 0.29) is 5.92 Å². The number of hydrogen-bond donors (Lipinski definition) is 0. The molecule has 0 aliphatic carbocycles. The van der Waals surface area contributed by atoms with Gasteiger partial charge in [0.1, 0.15) is 0 Å². The maximum Gasteiger partial charge on any atom is 0.0501 e. The van der Waals surface area contributed by atoms with Crippen LogP contribution in [0, 0.1) is 5.92 Å². The van der Waals surface area contributed by atoms with Gasteiger partial charge in [0, 0.05) is 16.7 Å². The highest BCUT2D eigenvalue weighted by molar-refractivity contribution is 5.71. The van der Waals surface area contributed by atoms with E-state index in [1.807, 2.05) is 0 Å². The first-order chi connectivity index (χ1) is 25.8. The summed E-state index contributed by atoms with van der Waals surface area (Å²) in [6, 6.07) is 89.6.